The van der Waals surface area contributed by atoms with E-state index in [0.29, 0.717) is 6.61 Å². The van der Waals surface area contributed by atoms with Crippen LogP contribution in [-0.2, 0) is 13.2 Å². The number of aryl methyl sites for hydroxylation is 1. The average Bonchev–Trinajstić information content (AvgIpc) is 3.20. The molecule has 2 aromatic carbocycles. The first-order chi connectivity index (χ1) is 15.7. The Kier molecular flexibility index (Phi) is 8.09. The number of ether oxygens (including phenoxy) is 1. The molecule has 0 aliphatic heterocycles. The van der Waals surface area contributed by atoms with Crippen LogP contribution < -0.4 is 4.74 Å². The SMILES string of the molecule is CCCCCC1CCC(Cn2c(C)ccc2-c2ccc(OCc3ccccc3)cc2)CC1. The van der Waals surface area contributed by atoms with Gasteiger partial charge in [-0.15, -0.1) is 0 Å². The van der Waals surface area contributed by atoms with Crippen LogP contribution in [0.1, 0.15) is 69.5 Å². The van der Waals surface area contributed by atoms with Gasteiger partial charge in [0.05, 0.1) is 0 Å². The third-order valence-electron chi connectivity index (χ3n) is 7.22. The second-order valence-corrected chi connectivity index (χ2v) is 9.65. The summed E-state index contributed by atoms with van der Waals surface area (Å²) in [7, 11) is 0. The quantitative estimate of drug-likeness (QED) is 0.295. The van der Waals surface area contributed by atoms with E-state index < -0.39 is 0 Å². The van der Waals surface area contributed by atoms with E-state index >= 15 is 0 Å². The fraction of sp³-hybridized carbons (Fsp3) is 0.467. The van der Waals surface area contributed by atoms with Crippen LogP contribution in [0.4, 0.5) is 0 Å². The van der Waals surface area contributed by atoms with Gasteiger partial charge in [0.25, 0.3) is 0 Å². The molecule has 3 aromatic rings. The van der Waals surface area contributed by atoms with Crippen molar-refractivity contribution in [1.82, 2.24) is 4.57 Å². The summed E-state index contributed by atoms with van der Waals surface area (Å²) in [6, 6.07) is 23.5. The van der Waals surface area contributed by atoms with Crippen LogP contribution in [0.2, 0.25) is 0 Å². The Hall–Kier alpha value is -2.48. The van der Waals surface area contributed by atoms with Gasteiger partial charge in [0.2, 0.25) is 0 Å². The lowest BCUT2D eigenvalue weighted by Crippen LogP contribution is -2.20. The molecule has 170 valence electrons. The van der Waals surface area contributed by atoms with Crippen molar-refractivity contribution in [3.05, 3.63) is 78.0 Å². The van der Waals surface area contributed by atoms with Crippen LogP contribution in [0.5, 0.6) is 5.75 Å². The fourth-order valence-electron chi connectivity index (χ4n) is 5.17. The highest BCUT2D eigenvalue weighted by atomic mass is 16.5. The first kappa shape index (κ1) is 22.7. The largest absolute Gasteiger partial charge is 0.489 e. The number of benzene rings is 2. The van der Waals surface area contributed by atoms with Crippen LogP contribution in [0.3, 0.4) is 0 Å². The summed E-state index contributed by atoms with van der Waals surface area (Å²) >= 11 is 0. The normalized spacial score (nSPS) is 18.6. The summed E-state index contributed by atoms with van der Waals surface area (Å²) in [4.78, 5) is 0. The molecule has 1 aliphatic carbocycles. The number of hydrogen-bond donors (Lipinski definition) is 0. The monoisotopic (exact) mass is 429 g/mol. The molecule has 1 aliphatic rings. The van der Waals surface area contributed by atoms with Gasteiger partial charge in [-0.2, -0.15) is 0 Å². The molecule has 0 spiro atoms. The minimum Gasteiger partial charge on any atom is -0.489 e. The van der Waals surface area contributed by atoms with Gasteiger partial charge in [-0.3, -0.25) is 0 Å². The van der Waals surface area contributed by atoms with Gasteiger partial charge < -0.3 is 9.30 Å². The molecule has 0 saturated heterocycles. The summed E-state index contributed by atoms with van der Waals surface area (Å²) < 4.78 is 8.52. The molecule has 0 amide bonds. The number of aromatic nitrogens is 1. The average molecular weight is 430 g/mol. The van der Waals surface area contributed by atoms with Crippen molar-refractivity contribution < 1.29 is 4.74 Å². The molecule has 32 heavy (non-hydrogen) atoms. The Balaban J connectivity index is 1.34. The van der Waals surface area contributed by atoms with Crippen molar-refractivity contribution in [3.8, 4) is 17.0 Å². The second kappa shape index (κ2) is 11.4. The van der Waals surface area contributed by atoms with E-state index in [4.69, 9.17) is 4.74 Å². The Morgan fingerprint density at radius 1 is 0.812 bits per heavy atom. The number of unbranched alkanes of at least 4 members (excludes halogenated alkanes) is 2. The highest BCUT2D eigenvalue weighted by Crippen LogP contribution is 2.34. The molecule has 1 saturated carbocycles. The molecule has 1 aromatic heterocycles. The van der Waals surface area contributed by atoms with E-state index in [-0.39, 0.29) is 0 Å². The molecule has 0 atom stereocenters. The molecule has 4 rings (SSSR count). The zero-order valence-corrected chi connectivity index (χ0v) is 19.9. The maximum Gasteiger partial charge on any atom is 0.119 e. The topological polar surface area (TPSA) is 14.2 Å². The zero-order valence-electron chi connectivity index (χ0n) is 19.9. The Labute approximate surface area is 194 Å². The minimum absolute atomic E-state index is 0.608. The van der Waals surface area contributed by atoms with E-state index in [1.165, 1.54) is 73.9 Å². The molecule has 0 radical (unpaired) electrons. The van der Waals surface area contributed by atoms with Crippen molar-refractivity contribution in [3.63, 3.8) is 0 Å². The highest BCUT2D eigenvalue weighted by Gasteiger charge is 2.22. The summed E-state index contributed by atoms with van der Waals surface area (Å²) in [6.07, 6.45) is 11.3. The van der Waals surface area contributed by atoms with Gasteiger partial charge in [0, 0.05) is 17.9 Å². The predicted octanol–water partition coefficient (Wildman–Crippen LogP) is 8.43. The van der Waals surface area contributed by atoms with E-state index in [0.717, 1.165) is 24.1 Å². The first-order valence-corrected chi connectivity index (χ1v) is 12.7. The van der Waals surface area contributed by atoms with Gasteiger partial charge in [-0.25, -0.2) is 0 Å². The van der Waals surface area contributed by atoms with Crippen molar-refractivity contribution in [2.24, 2.45) is 11.8 Å². The van der Waals surface area contributed by atoms with E-state index in [9.17, 15) is 0 Å². The smallest absolute Gasteiger partial charge is 0.119 e. The van der Waals surface area contributed by atoms with Gasteiger partial charge in [-0.05, 0) is 79.1 Å². The van der Waals surface area contributed by atoms with Crippen LogP contribution in [-0.4, -0.2) is 4.57 Å². The molecule has 0 bridgehead atoms. The van der Waals surface area contributed by atoms with Crippen LogP contribution in [0, 0.1) is 18.8 Å². The van der Waals surface area contributed by atoms with Crippen molar-refractivity contribution >= 4 is 0 Å². The van der Waals surface area contributed by atoms with Crippen molar-refractivity contribution in [2.45, 2.75) is 78.4 Å². The van der Waals surface area contributed by atoms with Gasteiger partial charge >= 0.3 is 0 Å². The lowest BCUT2D eigenvalue weighted by atomic mass is 9.79. The molecule has 2 heteroatoms. The molecule has 0 unspecified atom stereocenters. The standard InChI is InChI=1S/C30H39NO/c1-3-4-6-9-25-13-15-26(16-14-25)22-31-24(2)12-21-30(31)28-17-19-29(20-18-28)32-23-27-10-7-5-8-11-27/h5,7-8,10-12,17-21,25-26H,3-4,6,9,13-16,22-23H2,1-2H3. The maximum absolute atomic E-state index is 5.98. The number of hydrogen-bond acceptors (Lipinski definition) is 1. The summed E-state index contributed by atoms with van der Waals surface area (Å²) in [5, 5.41) is 0. The number of nitrogens with zero attached hydrogens (tertiary/aromatic N) is 1. The van der Waals surface area contributed by atoms with Crippen molar-refractivity contribution in [1.29, 1.82) is 0 Å². The summed E-state index contributed by atoms with van der Waals surface area (Å²) in [5.41, 5.74) is 5.18. The third-order valence-corrected chi connectivity index (χ3v) is 7.22. The molecule has 1 fully saturated rings. The maximum atomic E-state index is 5.98. The van der Waals surface area contributed by atoms with Gasteiger partial charge in [0.15, 0.2) is 0 Å². The van der Waals surface area contributed by atoms with Gasteiger partial charge in [0.1, 0.15) is 12.4 Å². The van der Waals surface area contributed by atoms with Crippen LogP contribution in [0.25, 0.3) is 11.3 Å². The number of rotatable bonds is 10. The predicted molar refractivity (Wildman–Crippen MR) is 135 cm³/mol. The Morgan fingerprint density at radius 2 is 1.53 bits per heavy atom. The highest BCUT2D eigenvalue weighted by molar-refractivity contribution is 5.62. The lowest BCUT2D eigenvalue weighted by molar-refractivity contribution is 0.239. The Morgan fingerprint density at radius 3 is 2.25 bits per heavy atom. The lowest BCUT2D eigenvalue weighted by Gasteiger charge is -2.30. The second-order valence-electron chi connectivity index (χ2n) is 9.65. The molecule has 2 nitrogen and oxygen atoms in total. The molecular formula is C30H39NO. The third kappa shape index (κ3) is 6.06. The fourth-order valence-corrected chi connectivity index (χ4v) is 5.17. The van der Waals surface area contributed by atoms with Crippen molar-refractivity contribution in [2.75, 3.05) is 0 Å². The molecular weight excluding hydrogens is 390 g/mol. The van der Waals surface area contributed by atoms with E-state index in [1.54, 1.807) is 0 Å². The van der Waals surface area contributed by atoms with Gasteiger partial charge in [-0.1, -0.05) is 75.8 Å². The van der Waals surface area contributed by atoms with Crippen LogP contribution >= 0.6 is 0 Å². The van der Waals surface area contributed by atoms with E-state index in [1.807, 2.05) is 6.07 Å². The van der Waals surface area contributed by atoms with Crippen LogP contribution in [0.15, 0.2) is 66.7 Å². The molecule has 1 heterocycles. The first-order valence-electron chi connectivity index (χ1n) is 12.7. The Bertz CT molecular complexity index is 933. The molecule has 0 N–H and O–H groups in total. The summed E-state index contributed by atoms with van der Waals surface area (Å²) in [5.74, 6) is 2.72. The van der Waals surface area contributed by atoms with E-state index in [2.05, 4.69) is 79.1 Å². The minimum atomic E-state index is 0.608. The zero-order chi connectivity index (χ0) is 22.2. The summed E-state index contributed by atoms with van der Waals surface area (Å²) in [6.45, 7) is 6.31.